The molecule has 1 aromatic heterocycles. The summed E-state index contributed by atoms with van der Waals surface area (Å²) in [5.41, 5.74) is 7.10. The molecule has 2 rings (SSSR count). The number of carbonyl (C=O) groups is 1. The van der Waals surface area contributed by atoms with Crippen molar-refractivity contribution < 1.29 is 9.53 Å². The van der Waals surface area contributed by atoms with Crippen LogP contribution in [-0.4, -0.2) is 28.0 Å². The summed E-state index contributed by atoms with van der Waals surface area (Å²) in [6, 6.07) is 0. The quantitative estimate of drug-likeness (QED) is 0.858. The lowest BCUT2D eigenvalue weighted by atomic mass is 10.1. The second kappa shape index (κ2) is 5.00. The molecule has 0 saturated carbocycles. The maximum Gasteiger partial charge on any atom is 0.416 e. The molecule has 2 N–H and O–H groups in total. The molecule has 20 heavy (non-hydrogen) atoms. The minimum absolute atomic E-state index is 0.230. The Hall–Kier alpha value is -1.72. The number of rotatable bonds is 1. The summed E-state index contributed by atoms with van der Waals surface area (Å²) in [6.07, 6.45) is 0.491. The van der Waals surface area contributed by atoms with Crippen LogP contribution in [0.5, 0.6) is 0 Å². The highest BCUT2D eigenvalue weighted by molar-refractivity contribution is 5.91. The van der Waals surface area contributed by atoms with Crippen molar-refractivity contribution in [1.29, 1.82) is 0 Å². The van der Waals surface area contributed by atoms with E-state index in [2.05, 4.69) is 5.10 Å². The highest BCUT2D eigenvalue weighted by atomic mass is 16.6. The largest absolute Gasteiger partial charge is 0.443 e. The predicted molar refractivity (Wildman–Crippen MR) is 78.9 cm³/mol. The number of carbonyl (C=O) groups excluding carboxylic acids is 1. The van der Waals surface area contributed by atoms with Crippen LogP contribution in [0.25, 0.3) is 0 Å². The van der Waals surface area contributed by atoms with E-state index in [1.165, 1.54) is 0 Å². The molecule has 2 heterocycles. The first-order valence-electron chi connectivity index (χ1n) is 7.07. The Morgan fingerprint density at radius 3 is 2.55 bits per heavy atom. The zero-order valence-electron chi connectivity index (χ0n) is 12.9. The van der Waals surface area contributed by atoms with E-state index in [1.54, 1.807) is 4.90 Å². The van der Waals surface area contributed by atoms with Crippen LogP contribution in [0.1, 0.15) is 52.7 Å². The summed E-state index contributed by atoms with van der Waals surface area (Å²) in [5.74, 6) is 0.905. The number of amides is 1. The third-order valence-electron chi connectivity index (χ3n) is 3.16. The fraction of sp³-hybridized carbons (Fsp3) is 0.714. The number of aryl methyl sites for hydroxylation is 1. The van der Waals surface area contributed by atoms with Crippen LogP contribution in [0.15, 0.2) is 0 Å². The van der Waals surface area contributed by atoms with Crippen molar-refractivity contribution in [2.45, 2.75) is 59.1 Å². The molecular formula is C14H24N4O2. The van der Waals surface area contributed by atoms with Gasteiger partial charge in [-0.1, -0.05) is 13.8 Å². The average molecular weight is 280 g/mol. The lowest BCUT2D eigenvalue weighted by Gasteiger charge is -2.30. The first kappa shape index (κ1) is 14.7. The van der Waals surface area contributed by atoms with Gasteiger partial charge < -0.3 is 10.5 Å². The van der Waals surface area contributed by atoms with Crippen LogP contribution < -0.4 is 10.6 Å². The van der Waals surface area contributed by atoms with E-state index in [0.717, 1.165) is 18.7 Å². The Kier molecular flexibility index (Phi) is 3.67. The van der Waals surface area contributed by atoms with Gasteiger partial charge in [0.25, 0.3) is 0 Å². The highest BCUT2D eigenvalue weighted by Gasteiger charge is 2.32. The number of hydrogen-bond donors (Lipinski definition) is 1. The number of nitrogens with two attached hydrogens (primary N) is 1. The maximum atomic E-state index is 12.3. The van der Waals surface area contributed by atoms with Crippen LogP contribution in [0.2, 0.25) is 0 Å². The first-order chi connectivity index (χ1) is 9.20. The van der Waals surface area contributed by atoms with Crippen LogP contribution in [-0.2, 0) is 11.3 Å². The smallest absolute Gasteiger partial charge is 0.416 e. The minimum Gasteiger partial charge on any atom is -0.443 e. The summed E-state index contributed by atoms with van der Waals surface area (Å²) in [5, 5.41) is 4.52. The molecule has 0 spiro atoms. The molecule has 0 atom stereocenters. The summed E-state index contributed by atoms with van der Waals surface area (Å²) < 4.78 is 7.27. The van der Waals surface area contributed by atoms with Gasteiger partial charge in [0.2, 0.25) is 0 Å². The predicted octanol–water partition coefficient (Wildman–Crippen LogP) is 2.73. The molecule has 0 saturated heterocycles. The van der Waals surface area contributed by atoms with E-state index < -0.39 is 5.60 Å². The molecule has 1 aliphatic rings. The molecule has 0 aliphatic carbocycles. The van der Waals surface area contributed by atoms with Crippen molar-refractivity contribution >= 4 is 17.6 Å². The number of anilines is 2. The van der Waals surface area contributed by atoms with Gasteiger partial charge in [0, 0.05) is 13.1 Å². The summed E-state index contributed by atoms with van der Waals surface area (Å²) in [6.45, 7) is 11.1. The van der Waals surface area contributed by atoms with Crippen molar-refractivity contribution in [3.8, 4) is 0 Å². The van der Waals surface area contributed by atoms with Gasteiger partial charge in [0.15, 0.2) is 5.82 Å². The first-order valence-corrected chi connectivity index (χ1v) is 7.07. The van der Waals surface area contributed by atoms with Gasteiger partial charge in [-0.25, -0.2) is 9.48 Å². The number of nitrogens with zero attached hydrogens (tertiary/aromatic N) is 3. The Labute approximate surface area is 119 Å². The van der Waals surface area contributed by atoms with E-state index in [0.29, 0.717) is 18.1 Å². The van der Waals surface area contributed by atoms with Crippen molar-refractivity contribution in [2.24, 2.45) is 0 Å². The molecule has 112 valence electrons. The minimum atomic E-state index is -0.519. The summed E-state index contributed by atoms with van der Waals surface area (Å²) >= 11 is 0. The summed E-state index contributed by atoms with van der Waals surface area (Å²) in [7, 11) is 0. The molecule has 1 amide bonds. The molecule has 0 bridgehead atoms. The number of hydrogen-bond acceptors (Lipinski definition) is 4. The zero-order chi connectivity index (χ0) is 15.1. The molecule has 1 aromatic rings. The SMILES string of the molecule is CC(C)c1nn2c(c1N)N(C(=O)OC(C)(C)C)CCC2. The van der Waals surface area contributed by atoms with Crippen LogP contribution in [0.3, 0.4) is 0 Å². The van der Waals surface area contributed by atoms with E-state index in [4.69, 9.17) is 10.5 Å². The molecule has 1 aliphatic heterocycles. The van der Waals surface area contributed by atoms with Crippen molar-refractivity contribution in [2.75, 3.05) is 17.2 Å². The molecule has 6 nitrogen and oxygen atoms in total. The number of fused-ring (bicyclic) bond motifs is 1. The van der Waals surface area contributed by atoms with Crippen LogP contribution in [0, 0.1) is 0 Å². The number of aromatic nitrogens is 2. The fourth-order valence-corrected chi connectivity index (χ4v) is 2.33. The molecular weight excluding hydrogens is 256 g/mol. The third kappa shape index (κ3) is 2.73. The van der Waals surface area contributed by atoms with Crippen molar-refractivity contribution in [1.82, 2.24) is 9.78 Å². The van der Waals surface area contributed by atoms with Gasteiger partial charge in [-0.15, -0.1) is 0 Å². The lowest BCUT2D eigenvalue weighted by Crippen LogP contribution is -2.41. The standard InChI is InChI=1S/C14H24N4O2/c1-9(2)11-10(15)12-17(7-6-8-18(12)16-11)13(19)20-14(3,4)5/h9H,6-8,15H2,1-5H3. The zero-order valence-corrected chi connectivity index (χ0v) is 12.9. The number of nitrogen functional groups attached to an aromatic ring is 1. The van der Waals surface area contributed by atoms with Crippen molar-refractivity contribution in [3.63, 3.8) is 0 Å². The van der Waals surface area contributed by atoms with Crippen LogP contribution >= 0.6 is 0 Å². The monoisotopic (exact) mass is 280 g/mol. The Morgan fingerprint density at radius 2 is 2.00 bits per heavy atom. The molecule has 6 heteroatoms. The molecule has 0 fully saturated rings. The topological polar surface area (TPSA) is 73.4 Å². The highest BCUT2D eigenvalue weighted by Crippen LogP contribution is 2.34. The summed E-state index contributed by atoms with van der Waals surface area (Å²) in [4.78, 5) is 13.9. The van der Waals surface area contributed by atoms with Gasteiger partial charge in [0.1, 0.15) is 5.60 Å². The van der Waals surface area contributed by atoms with Crippen LogP contribution in [0.4, 0.5) is 16.3 Å². The Balaban J connectivity index is 2.35. The second-order valence-corrected chi connectivity index (χ2v) is 6.49. The third-order valence-corrected chi connectivity index (χ3v) is 3.16. The Morgan fingerprint density at radius 1 is 1.35 bits per heavy atom. The van der Waals surface area contributed by atoms with E-state index in [9.17, 15) is 4.79 Å². The second-order valence-electron chi connectivity index (χ2n) is 6.49. The van der Waals surface area contributed by atoms with E-state index in [1.807, 2.05) is 39.3 Å². The maximum absolute atomic E-state index is 12.3. The van der Waals surface area contributed by atoms with Gasteiger partial charge >= 0.3 is 6.09 Å². The molecule has 0 radical (unpaired) electrons. The number of ether oxygens (including phenoxy) is 1. The fourth-order valence-electron chi connectivity index (χ4n) is 2.33. The van der Waals surface area contributed by atoms with E-state index >= 15 is 0 Å². The van der Waals surface area contributed by atoms with Gasteiger partial charge in [-0.3, -0.25) is 4.90 Å². The van der Waals surface area contributed by atoms with Gasteiger partial charge in [0.05, 0.1) is 11.4 Å². The van der Waals surface area contributed by atoms with E-state index in [-0.39, 0.29) is 12.0 Å². The average Bonchev–Trinajstić information content (AvgIpc) is 2.65. The lowest BCUT2D eigenvalue weighted by molar-refractivity contribution is 0.0573. The molecule has 0 aromatic carbocycles. The van der Waals surface area contributed by atoms with Crippen molar-refractivity contribution in [3.05, 3.63) is 5.69 Å². The van der Waals surface area contributed by atoms with Gasteiger partial charge in [-0.05, 0) is 33.1 Å². The molecule has 0 unspecified atom stereocenters. The Bertz CT molecular complexity index is 514. The van der Waals surface area contributed by atoms with Gasteiger partial charge in [-0.2, -0.15) is 5.10 Å². The normalized spacial score (nSPS) is 15.4.